The molecule has 0 bridgehead atoms. The van der Waals surface area contributed by atoms with Crippen LogP contribution in [0, 0.1) is 5.41 Å². The Kier molecular flexibility index (Phi) is 5.11. The molecule has 0 fully saturated rings. The summed E-state index contributed by atoms with van der Waals surface area (Å²) in [6.07, 6.45) is 4.47. The van der Waals surface area contributed by atoms with Gasteiger partial charge in [0.25, 0.3) is 0 Å². The molecule has 102 valence electrons. The predicted octanol–water partition coefficient (Wildman–Crippen LogP) is 1.86. The van der Waals surface area contributed by atoms with Crippen LogP contribution >= 0.6 is 0 Å². The summed E-state index contributed by atoms with van der Waals surface area (Å²) >= 11 is 0. The fourth-order valence-electron chi connectivity index (χ4n) is 2.33. The Morgan fingerprint density at radius 2 is 2.11 bits per heavy atom. The summed E-state index contributed by atoms with van der Waals surface area (Å²) in [5.41, 5.74) is 7.88. The number of hydrogen-bond acceptors (Lipinski definition) is 4. The van der Waals surface area contributed by atoms with Gasteiger partial charge < -0.3 is 15.8 Å². The first-order valence-electron chi connectivity index (χ1n) is 6.28. The molecule has 0 aliphatic heterocycles. The zero-order valence-electron chi connectivity index (χ0n) is 12.0. The second-order valence-electron chi connectivity index (χ2n) is 5.70. The molecule has 3 N–H and O–H groups in total. The maximum Gasteiger partial charge on any atom is 0.0775 e. The molecule has 2 unspecified atom stereocenters. The smallest absolute Gasteiger partial charge is 0.0775 e. The van der Waals surface area contributed by atoms with E-state index in [1.807, 2.05) is 19.3 Å². The zero-order chi connectivity index (χ0) is 13.8. The summed E-state index contributed by atoms with van der Waals surface area (Å²) in [6.45, 7) is 6.54. The Labute approximate surface area is 110 Å². The SMILES string of the molecule is CNC(Cc1cnccc1N)C(OC)C(C)(C)C. The lowest BCUT2D eigenvalue weighted by molar-refractivity contribution is -0.00919. The van der Waals surface area contributed by atoms with Gasteiger partial charge in [0.1, 0.15) is 0 Å². The molecule has 0 radical (unpaired) electrons. The van der Waals surface area contributed by atoms with Gasteiger partial charge in [0.2, 0.25) is 0 Å². The second kappa shape index (κ2) is 6.16. The number of ether oxygens (including phenoxy) is 1. The van der Waals surface area contributed by atoms with Crippen molar-refractivity contribution >= 4 is 5.69 Å². The van der Waals surface area contributed by atoms with Crippen LogP contribution in [0.3, 0.4) is 0 Å². The molecule has 1 rings (SSSR count). The number of rotatable bonds is 5. The van der Waals surface area contributed by atoms with Gasteiger partial charge in [-0.2, -0.15) is 0 Å². The van der Waals surface area contributed by atoms with E-state index in [0.717, 1.165) is 17.7 Å². The number of nitrogen functional groups attached to an aromatic ring is 1. The van der Waals surface area contributed by atoms with E-state index in [-0.39, 0.29) is 17.6 Å². The van der Waals surface area contributed by atoms with Crippen molar-refractivity contribution < 1.29 is 4.74 Å². The second-order valence-corrected chi connectivity index (χ2v) is 5.70. The van der Waals surface area contributed by atoms with Crippen LogP contribution < -0.4 is 11.1 Å². The molecular weight excluding hydrogens is 226 g/mol. The number of methoxy groups -OCH3 is 1. The van der Waals surface area contributed by atoms with Crippen LogP contribution in [0.4, 0.5) is 5.69 Å². The molecule has 1 heterocycles. The first-order valence-corrected chi connectivity index (χ1v) is 6.28. The third-order valence-corrected chi connectivity index (χ3v) is 3.22. The van der Waals surface area contributed by atoms with Crippen molar-refractivity contribution in [3.05, 3.63) is 24.0 Å². The minimum Gasteiger partial charge on any atom is -0.398 e. The van der Waals surface area contributed by atoms with E-state index in [4.69, 9.17) is 10.5 Å². The van der Waals surface area contributed by atoms with Crippen molar-refractivity contribution in [1.29, 1.82) is 0 Å². The van der Waals surface area contributed by atoms with Crippen molar-refractivity contribution in [3.63, 3.8) is 0 Å². The standard InChI is InChI=1S/C14H25N3O/c1-14(2,3)13(18-5)12(16-4)8-10-9-17-7-6-11(10)15/h6-7,9,12-13,16H,8H2,1-5H3,(H2,15,17). The third-order valence-electron chi connectivity index (χ3n) is 3.22. The number of aromatic nitrogens is 1. The summed E-state index contributed by atoms with van der Waals surface area (Å²) in [5, 5.41) is 3.33. The minimum atomic E-state index is 0.0688. The van der Waals surface area contributed by atoms with Gasteiger partial charge in [-0.15, -0.1) is 0 Å². The predicted molar refractivity (Wildman–Crippen MR) is 75.5 cm³/mol. The molecule has 0 amide bonds. The van der Waals surface area contributed by atoms with E-state index in [0.29, 0.717) is 0 Å². The minimum absolute atomic E-state index is 0.0688. The van der Waals surface area contributed by atoms with Crippen molar-refractivity contribution in [1.82, 2.24) is 10.3 Å². The molecular formula is C14H25N3O. The average Bonchev–Trinajstić information content (AvgIpc) is 2.29. The molecule has 4 heteroatoms. The Bertz CT molecular complexity index is 374. The maximum atomic E-state index is 5.97. The fourth-order valence-corrected chi connectivity index (χ4v) is 2.33. The number of nitrogens with two attached hydrogens (primary N) is 1. The van der Waals surface area contributed by atoms with E-state index < -0.39 is 0 Å². The van der Waals surface area contributed by atoms with Crippen molar-refractivity contribution in [2.75, 3.05) is 19.9 Å². The summed E-state index contributed by atoms with van der Waals surface area (Å²) in [6, 6.07) is 2.04. The van der Waals surface area contributed by atoms with E-state index in [2.05, 4.69) is 31.1 Å². The van der Waals surface area contributed by atoms with Gasteiger partial charge in [-0.05, 0) is 30.5 Å². The first-order chi connectivity index (χ1) is 8.40. The highest BCUT2D eigenvalue weighted by molar-refractivity contribution is 5.44. The Hall–Kier alpha value is -1.13. The average molecular weight is 251 g/mol. The van der Waals surface area contributed by atoms with Crippen LogP contribution in [0.25, 0.3) is 0 Å². The maximum absolute atomic E-state index is 5.97. The van der Waals surface area contributed by atoms with Crippen LogP contribution in [0.15, 0.2) is 18.5 Å². The van der Waals surface area contributed by atoms with E-state index >= 15 is 0 Å². The van der Waals surface area contributed by atoms with Gasteiger partial charge in [-0.25, -0.2) is 0 Å². The van der Waals surface area contributed by atoms with Crippen molar-refractivity contribution in [3.8, 4) is 0 Å². The van der Waals surface area contributed by atoms with Gasteiger partial charge in [0.15, 0.2) is 0 Å². The highest BCUT2D eigenvalue weighted by Gasteiger charge is 2.31. The van der Waals surface area contributed by atoms with Crippen molar-refractivity contribution in [2.45, 2.75) is 39.3 Å². The Morgan fingerprint density at radius 1 is 1.44 bits per heavy atom. The highest BCUT2D eigenvalue weighted by Crippen LogP contribution is 2.26. The molecule has 1 aromatic heterocycles. The number of hydrogen-bond donors (Lipinski definition) is 2. The highest BCUT2D eigenvalue weighted by atomic mass is 16.5. The van der Waals surface area contributed by atoms with Gasteiger partial charge >= 0.3 is 0 Å². The normalized spacial score (nSPS) is 15.4. The van der Waals surface area contributed by atoms with Crippen molar-refractivity contribution in [2.24, 2.45) is 5.41 Å². The summed E-state index contributed by atoms with van der Waals surface area (Å²) in [7, 11) is 3.71. The molecule has 2 atom stereocenters. The lowest BCUT2D eigenvalue weighted by Gasteiger charge is -2.36. The third kappa shape index (κ3) is 3.68. The molecule has 0 saturated heterocycles. The quantitative estimate of drug-likeness (QED) is 0.838. The van der Waals surface area contributed by atoms with E-state index in [9.17, 15) is 0 Å². The number of anilines is 1. The summed E-state index contributed by atoms with van der Waals surface area (Å²) in [5.74, 6) is 0. The van der Waals surface area contributed by atoms with Crippen LogP contribution in [0.2, 0.25) is 0 Å². The molecule has 0 aliphatic carbocycles. The van der Waals surface area contributed by atoms with E-state index in [1.54, 1.807) is 13.3 Å². The fraction of sp³-hybridized carbons (Fsp3) is 0.643. The molecule has 18 heavy (non-hydrogen) atoms. The lowest BCUT2D eigenvalue weighted by atomic mass is 9.82. The van der Waals surface area contributed by atoms with E-state index in [1.165, 1.54) is 0 Å². The lowest BCUT2D eigenvalue weighted by Crippen LogP contribution is -2.47. The van der Waals surface area contributed by atoms with Crippen LogP contribution in [0.1, 0.15) is 26.3 Å². The Morgan fingerprint density at radius 3 is 2.56 bits per heavy atom. The molecule has 4 nitrogen and oxygen atoms in total. The van der Waals surface area contributed by atoms with Crippen LogP contribution in [-0.4, -0.2) is 31.3 Å². The first kappa shape index (κ1) is 14.9. The largest absolute Gasteiger partial charge is 0.398 e. The van der Waals surface area contributed by atoms with Gasteiger partial charge in [0, 0.05) is 31.2 Å². The van der Waals surface area contributed by atoms with Gasteiger partial charge in [-0.3, -0.25) is 4.98 Å². The van der Waals surface area contributed by atoms with Crippen LogP contribution in [-0.2, 0) is 11.2 Å². The summed E-state index contributed by atoms with van der Waals surface area (Å²) < 4.78 is 5.66. The molecule has 1 aromatic rings. The number of pyridine rings is 1. The molecule has 0 spiro atoms. The van der Waals surface area contributed by atoms with Gasteiger partial charge in [0.05, 0.1) is 6.10 Å². The summed E-state index contributed by atoms with van der Waals surface area (Å²) in [4.78, 5) is 4.13. The number of nitrogens with one attached hydrogen (secondary N) is 1. The number of nitrogens with zero attached hydrogens (tertiary/aromatic N) is 1. The monoisotopic (exact) mass is 251 g/mol. The molecule has 0 aromatic carbocycles. The molecule has 0 saturated carbocycles. The van der Waals surface area contributed by atoms with Crippen LogP contribution in [0.5, 0.6) is 0 Å². The number of likely N-dealkylation sites (N-methyl/N-ethyl adjacent to an activating group) is 1. The zero-order valence-corrected chi connectivity index (χ0v) is 12.0. The topological polar surface area (TPSA) is 60.2 Å². The van der Waals surface area contributed by atoms with Gasteiger partial charge in [-0.1, -0.05) is 20.8 Å². The Balaban J connectivity index is 2.88. The molecule has 0 aliphatic rings.